The molecule has 1 saturated heterocycles. The van der Waals surface area contributed by atoms with Crippen LogP contribution < -0.4 is 11.1 Å². The molecule has 1 aliphatic heterocycles. The maximum atomic E-state index is 13.5. The Morgan fingerprint density at radius 1 is 1.00 bits per heavy atom. The van der Waals surface area contributed by atoms with Gasteiger partial charge in [0.2, 0.25) is 17.7 Å². The van der Waals surface area contributed by atoms with Gasteiger partial charge in [0.1, 0.15) is 6.04 Å². The number of carbonyl (C=O) groups is 3. The molecule has 3 atom stereocenters. The van der Waals surface area contributed by atoms with Crippen molar-refractivity contribution >= 4 is 17.7 Å². The molecule has 6 nitrogen and oxygen atoms in total. The van der Waals surface area contributed by atoms with Crippen molar-refractivity contribution in [3.63, 3.8) is 0 Å². The molecule has 0 bridgehead atoms. The standard InChI is InChI=1S/C31H40F3N3O3/c1-4-7-25(28(35)38)26(18-20(2)3)29(39)36-27-8-5-6-17-37(30(27)40)19-21-9-11-22(12-10-21)23-13-15-24(16-14-23)31(32,33)34/h9-16,20,25-27H,4-8,17-19H2,1-3H3,(H2,35,38)(H,36,39). The first kappa shape index (κ1) is 31.2. The quantitative estimate of drug-likeness (QED) is 0.357. The molecule has 1 aliphatic rings. The van der Waals surface area contributed by atoms with Crippen molar-refractivity contribution in [3.05, 3.63) is 59.7 Å². The number of rotatable bonds is 11. The van der Waals surface area contributed by atoms with Crippen molar-refractivity contribution in [1.29, 1.82) is 0 Å². The average Bonchev–Trinajstić information content (AvgIpc) is 3.06. The average molecular weight is 560 g/mol. The molecule has 2 aromatic rings. The Labute approximate surface area is 234 Å². The van der Waals surface area contributed by atoms with Crippen molar-refractivity contribution in [2.75, 3.05) is 6.54 Å². The van der Waals surface area contributed by atoms with Crippen molar-refractivity contribution in [1.82, 2.24) is 10.2 Å². The van der Waals surface area contributed by atoms with Gasteiger partial charge in [-0.15, -0.1) is 0 Å². The minimum Gasteiger partial charge on any atom is -0.369 e. The van der Waals surface area contributed by atoms with E-state index in [-0.39, 0.29) is 17.7 Å². The summed E-state index contributed by atoms with van der Waals surface area (Å²) in [6, 6.07) is 11.7. The van der Waals surface area contributed by atoms with Crippen molar-refractivity contribution in [3.8, 4) is 11.1 Å². The fraction of sp³-hybridized carbons (Fsp3) is 0.516. The van der Waals surface area contributed by atoms with Crippen molar-refractivity contribution in [2.45, 2.75) is 78.1 Å². The number of hydrogen-bond acceptors (Lipinski definition) is 3. The minimum absolute atomic E-state index is 0.160. The maximum Gasteiger partial charge on any atom is 0.416 e. The molecule has 0 aliphatic carbocycles. The molecule has 1 fully saturated rings. The summed E-state index contributed by atoms with van der Waals surface area (Å²) in [5.74, 6) is -1.93. The first-order chi connectivity index (χ1) is 18.9. The molecule has 3 unspecified atom stereocenters. The highest BCUT2D eigenvalue weighted by Gasteiger charge is 2.36. The van der Waals surface area contributed by atoms with E-state index in [1.165, 1.54) is 12.1 Å². The molecule has 0 aromatic heterocycles. The number of nitrogens with one attached hydrogen (secondary N) is 1. The lowest BCUT2D eigenvalue weighted by molar-refractivity contribution is -0.139. The van der Waals surface area contributed by atoms with E-state index in [0.29, 0.717) is 37.9 Å². The van der Waals surface area contributed by atoms with Gasteiger partial charge >= 0.3 is 6.18 Å². The lowest BCUT2D eigenvalue weighted by Crippen LogP contribution is -2.50. The number of carbonyl (C=O) groups excluding carboxylic acids is 3. The Morgan fingerprint density at radius 2 is 1.60 bits per heavy atom. The Balaban J connectivity index is 1.70. The first-order valence-corrected chi connectivity index (χ1v) is 14.1. The van der Waals surface area contributed by atoms with E-state index < -0.39 is 35.5 Å². The second kappa shape index (κ2) is 13.8. The predicted molar refractivity (Wildman–Crippen MR) is 149 cm³/mol. The molecular formula is C31H40F3N3O3. The molecule has 3 amide bonds. The van der Waals surface area contributed by atoms with Crippen LogP contribution in [0.3, 0.4) is 0 Å². The summed E-state index contributed by atoms with van der Waals surface area (Å²) >= 11 is 0. The zero-order chi connectivity index (χ0) is 29.4. The molecule has 0 saturated carbocycles. The van der Waals surface area contributed by atoms with Crippen LogP contribution in [0.2, 0.25) is 0 Å². The Hall–Kier alpha value is -3.36. The number of halogens is 3. The molecular weight excluding hydrogens is 519 g/mol. The van der Waals surface area contributed by atoms with Gasteiger partial charge in [-0.2, -0.15) is 13.2 Å². The Kier molecular flexibility index (Phi) is 10.8. The van der Waals surface area contributed by atoms with Gasteiger partial charge in [0.25, 0.3) is 0 Å². The highest BCUT2D eigenvalue weighted by Crippen LogP contribution is 2.31. The fourth-order valence-electron chi connectivity index (χ4n) is 5.36. The Morgan fingerprint density at radius 3 is 2.12 bits per heavy atom. The molecule has 3 rings (SSSR count). The second-order valence-corrected chi connectivity index (χ2v) is 11.1. The van der Waals surface area contributed by atoms with Gasteiger partial charge < -0.3 is 16.0 Å². The summed E-state index contributed by atoms with van der Waals surface area (Å²) in [7, 11) is 0. The lowest BCUT2D eigenvalue weighted by Gasteiger charge is -2.29. The number of nitrogens with zero attached hydrogens (tertiary/aromatic N) is 1. The normalized spacial score (nSPS) is 17.8. The Bertz CT molecular complexity index is 1150. The zero-order valence-electron chi connectivity index (χ0n) is 23.5. The second-order valence-electron chi connectivity index (χ2n) is 11.1. The van der Waals surface area contributed by atoms with Crippen LogP contribution in [0.15, 0.2) is 48.5 Å². The summed E-state index contributed by atoms with van der Waals surface area (Å²) in [5, 5.41) is 2.95. The van der Waals surface area contributed by atoms with Gasteiger partial charge in [-0.1, -0.05) is 63.6 Å². The highest BCUT2D eigenvalue weighted by molar-refractivity contribution is 5.91. The number of amides is 3. The van der Waals surface area contributed by atoms with E-state index in [0.717, 1.165) is 42.5 Å². The van der Waals surface area contributed by atoms with Gasteiger partial charge in [0.15, 0.2) is 0 Å². The smallest absolute Gasteiger partial charge is 0.369 e. The van der Waals surface area contributed by atoms with Gasteiger partial charge in [0.05, 0.1) is 5.56 Å². The first-order valence-electron chi connectivity index (χ1n) is 14.1. The number of alkyl halides is 3. The van der Waals surface area contributed by atoms with Gasteiger partial charge in [-0.3, -0.25) is 14.4 Å². The summed E-state index contributed by atoms with van der Waals surface area (Å²) in [4.78, 5) is 40.8. The summed E-state index contributed by atoms with van der Waals surface area (Å²) < 4.78 is 38.6. The van der Waals surface area contributed by atoms with Gasteiger partial charge in [-0.05, 0) is 66.8 Å². The van der Waals surface area contributed by atoms with Crippen molar-refractivity contribution in [2.24, 2.45) is 23.5 Å². The van der Waals surface area contributed by atoms with E-state index >= 15 is 0 Å². The van der Waals surface area contributed by atoms with Crippen LogP contribution in [0, 0.1) is 17.8 Å². The zero-order valence-corrected chi connectivity index (χ0v) is 23.5. The molecule has 2 aromatic carbocycles. The number of likely N-dealkylation sites (tertiary alicyclic amines) is 1. The molecule has 0 radical (unpaired) electrons. The minimum atomic E-state index is -4.38. The predicted octanol–water partition coefficient (Wildman–Crippen LogP) is 5.93. The third-order valence-corrected chi connectivity index (χ3v) is 7.48. The topological polar surface area (TPSA) is 92.5 Å². The number of hydrogen-bond donors (Lipinski definition) is 2. The SMILES string of the molecule is CCCC(C(N)=O)C(CC(C)C)C(=O)NC1CCCCN(Cc2ccc(-c3ccc(C(F)(F)F)cc3)cc2)C1=O. The number of benzene rings is 2. The van der Waals surface area contributed by atoms with Crippen LogP contribution in [0.5, 0.6) is 0 Å². The monoisotopic (exact) mass is 559 g/mol. The van der Waals surface area contributed by atoms with Crippen LogP contribution in [-0.2, 0) is 27.1 Å². The highest BCUT2D eigenvalue weighted by atomic mass is 19.4. The number of nitrogens with two attached hydrogens (primary N) is 1. The molecule has 1 heterocycles. The fourth-order valence-corrected chi connectivity index (χ4v) is 5.36. The van der Waals surface area contributed by atoms with E-state index in [4.69, 9.17) is 5.73 Å². The largest absolute Gasteiger partial charge is 0.416 e. The van der Waals surface area contributed by atoms with Crippen LogP contribution in [0.25, 0.3) is 11.1 Å². The van der Waals surface area contributed by atoms with Crippen LogP contribution in [0.1, 0.15) is 70.4 Å². The molecule has 3 N–H and O–H groups in total. The van der Waals surface area contributed by atoms with Crippen LogP contribution in [-0.4, -0.2) is 35.2 Å². The van der Waals surface area contributed by atoms with E-state index in [1.54, 1.807) is 4.90 Å². The molecule has 9 heteroatoms. The van der Waals surface area contributed by atoms with E-state index in [1.807, 2.05) is 45.0 Å². The van der Waals surface area contributed by atoms with Gasteiger partial charge in [-0.25, -0.2) is 0 Å². The van der Waals surface area contributed by atoms with Crippen molar-refractivity contribution < 1.29 is 27.6 Å². The number of primary amides is 1. The lowest BCUT2D eigenvalue weighted by atomic mass is 9.81. The molecule has 40 heavy (non-hydrogen) atoms. The van der Waals surface area contributed by atoms with Crippen LogP contribution in [0.4, 0.5) is 13.2 Å². The van der Waals surface area contributed by atoms with E-state index in [9.17, 15) is 27.6 Å². The summed E-state index contributed by atoms with van der Waals surface area (Å²) in [6.07, 6.45) is -0.517. The van der Waals surface area contributed by atoms with Crippen LogP contribution >= 0.6 is 0 Å². The third-order valence-electron chi connectivity index (χ3n) is 7.48. The van der Waals surface area contributed by atoms with Gasteiger partial charge in [0, 0.05) is 24.9 Å². The molecule has 218 valence electrons. The van der Waals surface area contributed by atoms with E-state index in [2.05, 4.69) is 5.32 Å². The summed E-state index contributed by atoms with van der Waals surface area (Å²) in [5.41, 5.74) is 7.29. The third kappa shape index (κ3) is 8.32. The molecule has 0 spiro atoms. The summed E-state index contributed by atoms with van der Waals surface area (Å²) in [6.45, 7) is 6.84. The maximum absolute atomic E-state index is 13.5.